The standard InChI is InChI=1S/C16H18ClN3O2S/c1-9(2)14(18-10(3)21)15(22)20-16-19-13(8-23-16)11-4-6-12(17)7-5-11/h4-9,14H,1-3H3,(H,18,21)(H,19,20,22)/t14-/m1/s1. The molecular formula is C16H18ClN3O2S. The van der Waals surface area contributed by atoms with E-state index < -0.39 is 6.04 Å². The lowest BCUT2D eigenvalue weighted by Gasteiger charge is -2.20. The van der Waals surface area contributed by atoms with Crippen LogP contribution in [0.1, 0.15) is 20.8 Å². The minimum atomic E-state index is -0.588. The van der Waals surface area contributed by atoms with Crippen LogP contribution in [0.3, 0.4) is 0 Å². The van der Waals surface area contributed by atoms with Crippen molar-refractivity contribution in [3.8, 4) is 11.3 Å². The third-order valence-electron chi connectivity index (χ3n) is 3.18. The SMILES string of the molecule is CC(=O)N[C@@H](C(=O)Nc1nc(-c2ccc(Cl)cc2)cs1)C(C)C. The van der Waals surface area contributed by atoms with Gasteiger partial charge in [-0.05, 0) is 18.1 Å². The van der Waals surface area contributed by atoms with Gasteiger partial charge in [0.2, 0.25) is 11.8 Å². The zero-order valence-electron chi connectivity index (χ0n) is 13.1. The molecule has 0 radical (unpaired) electrons. The normalized spacial score (nSPS) is 12.0. The molecule has 2 aromatic rings. The predicted molar refractivity (Wildman–Crippen MR) is 93.6 cm³/mol. The van der Waals surface area contributed by atoms with Gasteiger partial charge in [0, 0.05) is 22.9 Å². The van der Waals surface area contributed by atoms with Gasteiger partial charge in [-0.3, -0.25) is 9.59 Å². The average molecular weight is 352 g/mol. The summed E-state index contributed by atoms with van der Waals surface area (Å²) in [6.45, 7) is 5.15. The van der Waals surface area contributed by atoms with Gasteiger partial charge in [-0.25, -0.2) is 4.98 Å². The van der Waals surface area contributed by atoms with Gasteiger partial charge < -0.3 is 10.6 Å². The molecule has 122 valence electrons. The highest BCUT2D eigenvalue weighted by atomic mass is 35.5. The van der Waals surface area contributed by atoms with Crippen LogP contribution in [0, 0.1) is 5.92 Å². The summed E-state index contributed by atoms with van der Waals surface area (Å²) >= 11 is 7.21. The van der Waals surface area contributed by atoms with Crippen LogP contribution < -0.4 is 10.6 Å². The molecule has 1 heterocycles. The Labute approximate surface area is 144 Å². The Morgan fingerprint density at radius 1 is 1.22 bits per heavy atom. The van der Waals surface area contributed by atoms with Gasteiger partial charge in [0.25, 0.3) is 0 Å². The number of nitrogens with zero attached hydrogens (tertiary/aromatic N) is 1. The highest BCUT2D eigenvalue weighted by molar-refractivity contribution is 7.14. The molecule has 0 saturated carbocycles. The minimum absolute atomic E-state index is 0.0189. The summed E-state index contributed by atoms with van der Waals surface area (Å²) in [5.74, 6) is -0.526. The van der Waals surface area contributed by atoms with Crippen molar-refractivity contribution in [1.82, 2.24) is 10.3 Å². The van der Waals surface area contributed by atoms with E-state index in [1.165, 1.54) is 18.3 Å². The lowest BCUT2D eigenvalue weighted by molar-refractivity contribution is -0.126. The number of rotatable bonds is 5. The molecule has 0 spiro atoms. The van der Waals surface area contributed by atoms with E-state index in [4.69, 9.17) is 11.6 Å². The van der Waals surface area contributed by atoms with E-state index in [9.17, 15) is 9.59 Å². The second-order valence-electron chi connectivity index (χ2n) is 5.46. The van der Waals surface area contributed by atoms with Crippen LogP contribution in [0.2, 0.25) is 5.02 Å². The van der Waals surface area contributed by atoms with Crippen LogP contribution >= 0.6 is 22.9 Å². The monoisotopic (exact) mass is 351 g/mol. The van der Waals surface area contributed by atoms with Crippen LogP contribution in [0.5, 0.6) is 0 Å². The van der Waals surface area contributed by atoms with Gasteiger partial charge in [-0.1, -0.05) is 37.6 Å². The third kappa shape index (κ3) is 4.77. The molecule has 1 atom stereocenters. The number of carbonyl (C=O) groups is 2. The van der Waals surface area contributed by atoms with Crippen molar-refractivity contribution in [3.05, 3.63) is 34.7 Å². The topological polar surface area (TPSA) is 71.1 Å². The Morgan fingerprint density at radius 3 is 2.43 bits per heavy atom. The van der Waals surface area contributed by atoms with E-state index in [0.29, 0.717) is 10.2 Å². The quantitative estimate of drug-likeness (QED) is 0.865. The molecule has 2 amide bonds. The van der Waals surface area contributed by atoms with Gasteiger partial charge in [0.05, 0.1) is 5.69 Å². The van der Waals surface area contributed by atoms with Gasteiger partial charge >= 0.3 is 0 Å². The fourth-order valence-corrected chi connectivity index (χ4v) is 2.87. The van der Waals surface area contributed by atoms with Crippen LogP contribution in [-0.4, -0.2) is 22.8 Å². The van der Waals surface area contributed by atoms with Crippen LogP contribution in [0.25, 0.3) is 11.3 Å². The highest BCUT2D eigenvalue weighted by Gasteiger charge is 2.23. The van der Waals surface area contributed by atoms with Gasteiger partial charge in [-0.2, -0.15) is 0 Å². The molecule has 1 aromatic carbocycles. The number of aromatic nitrogens is 1. The molecule has 0 unspecified atom stereocenters. The molecule has 2 rings (SSSR count). The van der Waals surface area contributed by atoms with Crippen molar-refractivity contribution in [2.45, 2.75) is 26.8 Å². The molecular weight excluding hydrogens is 334 g/mol. The number of halogens is 1. The van der Waals surface area contributed by atoms with Crippen LogP contribution in [0.4, 0.5) is 5.13 Å². The first-order valence-electron chi connectivity index (χ1n) is 7.16. The van der Waals surface area contributed by atoms with E-state index in [-0.39, 0.29) is 17.7 Å². The summed E-state index contributed by atoms with van der Waals surface area (Å²) in [5.41, 5.74) is 1.69. The minimum Gasteiger partial charge on any atom is -0.344 e. The first-order chi connectivity index (χ1) is 10.9. The third-order valence-corrected chi connectivity index (χ3v) is 4.19. The largest absolute Gasteiger partial charge is 0.344 e. The summed E-state index contributed by atoms with van der Waals surface area (Å²) < 4.78 is 0. The molecule has 1 aromatic heterocycles. The number of carbonyl (C=O) groups excluding carboxylic acids is 2. The maximum absolute atomic E-state index is 12.3. The van der Waals surface area contributed by atoms with Crippen molar-refractivity contribution in [2.24, 2.45) is 5.92 Å². The van der Waals surface area contributed by atoms with Crippen molar-refractivity contribution < 1.29 is 9.59 Å². The van der Waals surface area contributed by atoms with Gasteiger partial charge in [0.1, 0.15) is 6.04 Å². The molecule has 0 saturated heterocycles. The zero-order chi connectivity index (χ0) is 17.0. The van der Waals surface area contributed by atoms with E-state index in [1.807, 2.05) is 31.4 Å². The van der Waals surface area contributed by atoms with Crippen molar-refractivity contribution in [2.75, 3.05) is 5.32 Å². The average Bonchev–Trinajstić information content (AvgIpc) is 2.93. The molecule has 0 aliphatic carbocycles. The first-order valence-corrected chi connectivity index (χ1v) is 8.42. The number of amides is 2. The van der Waals surface area contributed by atoms with E-state index >= 15 is 0 Å². The highest BCUT2D eigenvalue weighted by Crippen LogP contribution is 2.26. The van der Waals surface area contributed by atoms with Crippen molar-refractivity contribution in [1.29, 1.82) is 0 Å². The molecule has 0 aliphatic heterocycles. The fraction of sp³-hybridized carbons (Fsp3) is 0.312. The Hall–Kier alpha value is -1.92. The molecule has 7 heteroatoms. The summed E-state index contributed by atoms with van der Waals surface area (Å²) in [4.78, 5) is 27.9. The van der Waals surface area contributed by atoms with E-state index in [1.54, 1.807) is 12.1 Å². The number of thiazole rings is 1. The summed E-state index contributed by atoms with van der Waals surface area (Å²) in [6, 6.07) is 6.74. The van der Waals surface area contributed by atoms with Crippen LogP contribution in [0.15, 0.2) is 29.6 Å². The second-order valence-corrected chi connectivity index (χ2v) is 6.75. The lowest BCUT2D eigenvalue weighted by atomic mass is 10.0. The second kappa shape index (κ2) is 7.57. The molecule has 0 aliphatic rings. The van der Waals surface area contributed by atoms with E-state index in [0.717, 1.165) is 11.3 Å². The summed E-state index contributed by atoms with van der Waals surface area (Å²) in [7, 11) is 0. The zero-order valence-corrected chi connectivity index (χ0v) is 14.7. The van der Waals surface area contributed by atoms with Crippen molar-refractivity contribution >= 4 is 39.9 Å². The number of nitrogens with one attached hydrogen (secondary N) is 2. The Balaban J connectivity index is 2.10. The maximum atomic E-state index is 12.3. The number of benzene rings is 1. The molecule has 23 heavy (non-hydrogen) atoms. The van der Waals surface area contributed by atoms with Gasteiger partial charge in [-0.15, -0.1) is 11.3 Å². The van der Waals surface area contributed by atoms with E-state index in [2.05, 4.69) is 15.6 Å². The maximum Gasteiger partial charge on any atom is 0.248 e. The predicted octanol–water partition coefficient (Wildman–Crippen LogP) is 3.56. The fourth-order valence-electron chi connectivity index (χ4n) is 2.02. The Morgan fingerprint density at radius 2 is 1.87 bits per heavy atom. The van der Waals surface area contributed by atoms with Crippen molar-refractivity contribution in [3.63, 3.8) is 0 Å². The number of hydrogen-bond donors (Lipinski definition) is 2. The molecule has 0 bridgehead atoms. The van der Waals surface area contributed by atoms with Gasteiger partial charge in [0.15, 0.2) is 5.13 Å². The number of anilines is 1. The smallest absolute Gasteiger partial charge is 0.248 e. The number of hydrogen-bond acceptors (Lipinski definition) is 4. The summed E-state index contributed by atoms with van der Waals surface area (Å²) in [5, 5.41) is 8.43. The Bertz CT molecular complexity index is 698. The summed E-state index contributed by atoms with van der Waals surface area (Å²) in [6.07, 6.45) is 0. The molecule has 0 fully saturated rings. The first kappa shape index (κ1) is 17.4. The Kier molecular flexibility index (Phi) is 5.74. The molecule has 5 nitrogen and oxygen atoms in total. The lowest BCUT2D eigenvalue weighted by Crippen LogP contribution is -2.46. The van der Waals surface area contributed by atoms with Crippen LogP contribution in [-0.2, 0) is 9.59 Å². The molecule has 2 N–H and O–H groups in total.